The third kappa shape index (κ3) is 1.34. The predicted octanol–water partition coefficient (Wildman–Crippen LogP) is 0.183. The van der Waals surface area contributed by atoms with E-state index in [1.54, 1.807) is 6.92 Å². The van der Waals surface area contributed by atoms with Crippen molar-refractivity contribution in [1.29, 1.82) is 0 Å². The van der Waals surface area contributed by atoms with Crippen LogP contribution < -0.4 is 4.84 Å². The van der Waals surface area contributed by atoms with Gasteiger partial charge in [0.1, 0.15) is 0 Å². The molecule has 0 aliphatic rings. The first kappa shape index (κ1) is 8.45. The molecule has 1 aromatic rings. The van der Waals surface area contributed by atoms with Crippen LogP contribution in [0.2, 0.25) is 0 Å². The SMILES string of the molecule is CC(=O)On1c(O)cc(C)c1O. The molecule has 1 heterocycles. The van der Waals surface area contributed by atoms with Gasteiger partial charge in [0.15, 0.2) is 0 Å². The van der Waals surface area contributed by atoms with Crippen molar-refractivity contribution in [3.8, 4) is 11.8 Å². The van der Waals surface area contributed by atoms with Crippen molar-refractivity contribution in [2.45, 2.75) is 13.8 Å². The topological polar surface area (TPSA) is 71.7 Å². The van der Waals surface area contributed by atoms with E-state index in [0.717, 1.165) is 0 Å². The van der Waals surface area contributed by atoms with Crippen molar-refractivity contribution in [3.05, 3.63) is 11.6 Å². The zero-order valence-electron chi connectivity index (χ0n) is 6.74. The summed E-state index contributed by atoms with van der Waals surface area (Å²) in [6, 6.07) is 1.29. The van der Waals surface area contributed by atoms with Gasteiger partial charge >= 0.3 is 5.97 Å². The third-order valence-corrected chi connectivity index (χ3v) is 1.32. The van der Waals surface area contributed by atoms with Gasteiger partial charge in [0, 0.05) is 18.6 Å². The number of aromatic nitrogens is 1. The Labute approximate surface area is 68.8 Å². The summed E-state index contributed by atoms with van der Waals surface area (Å²) in [4.78, 5) is 14.9. The molecule has 2 N–H and O–H groups in total. The van der Waals surface area contributed by atoms with Crippen molar-refractivity contribution >= 4 is 5.97 Å². The number of hydrogen-bond donors (Lipinski definition) is 2. The van der Waals surface area contributed by atoms with E-state index in [1.165, 1.54) is 13.0 Å². The van der Waals surface area contributed by atoms with E-state index in [9.17, 15) is 9.90 Å². The molecule has 66 valence electrons. The summed E-state index contributed by atoms with van der Waals surface area (Å²) in [5.74, 6) is -1.20. The third-order valence-electron chi connectivity index (χ3n) is 1.32. The number of nitrogens with zero attached hydrogens (tertiary/aromatic N) is 1. The van der Waals surface area contributed by atoms with Crippen LogP contribution in [-0.4, -0.2) is 20.9 Å². The summed E-state index contributed by atoms with van der Waals surface area (Å²) in [6.45, 7) is 2.75. The molecule has 0 bridgehead atoms. The normalized spacial score (nSPS) is 9.83. The molecular weight excluding hydrogens is 162 g/mol. The van der Waals surface area contributed by atoms with Crippen LogP contribution in [0.4, 0.5) is 0 Å². The molecule has 0 saturated heterocycles. The molecule has 0 fully saturated rings. The molecule has 0 spiro atoms. The lowest BCUT2D eigenvalue weighted by Crippen LogP contribution is -2.15. The molecule has 0 saturated carbocycles. The maximum atomic E-state index is 10.5. The maximum absolute atomic E-state index is 10.5. The van der Waals surface area contributed by atoms with Crippen LogP contribution in [0.25, 0.3) is 0 Å². The van der Waals surface area contributed by atoms with Crippen LogP contribution in [0, 0.1) is 6.92 Å². The molecule has 0 aromatic carbocycles. The minimum Gasteiger partial charge on any atom is -0.492 e. The van der Waals surface area contributed by atoms with E-state index in [0.29, 0.717) is 10.3 Å². The molecule has 0 radical (unpaired) electrons. The molecule has 0 aliphatic heterocycles. The Morgan fingerprint density at radius 1 is 1.58 bits per heavy atom. The van der Waals surface area contributed by atoms with Gasteiger partial charge in [-0.25, -0.2) is 4.79 Å². The summed E-state index contributed by atoms with van der Waals surface area (Å²) in [7, 11) is 0. The highest BCUT2D eigenvalue weighted by Crippen LogP contribution is 2.24. The lowest BCUT2D eigenvalue weighted by molar-refractivity contribution is -0.142. The highest BCUT2D eigenvalue weighted by atomic mass is 16.7. The van der Waals surface area contributed by atoms with E-state index in [-0.39, 0.29) is 11.8 Å². The van der Waals surface area contributed by atoms with Gasteiger partial charge in [-0.3, -0.25) is 0 Å². The quantitative estimate of drug-likeness (QED) is 0.632. The highest BCUT2D eigenvalue weighted by molar-refractivity contribution is 5.66. The van der Waals surface area contributed by atoms with Crippen LogP contribution in [0.3, 0.4) is 0 Å². The van der Waals surface area contributed by atoms with Gasteiger partial charge in [-0.1, -0.05) is 0 Å². The predicted molar refractivity (Wildman–Crippen MR) is 39.8 cm³/mol. The number of carbonyl (C=O) groups is 1. The fraction of sp³-hybridized carbons (Fsp3) is 0.286. The molecule has 1 rings (SSSR count). The Bertz CT molecular complexity index is 315. The van der Waals surface area contributed by atoms with Crippen LogP contribution in [0.1, 0.15) is 12.5 Å². The first-order chi connectivity index (χ1) is 5.52. The lowest BCUT2D eigenvalue weighted by Gasteiger charge is -2.03. The lowest BCUT2D eigenvalue weighted by atomic mass is 10.4. The average molecular weight is 171 g/mol. The van der Waals surface area contributed by atoms with Gasteiger partial charge in [-0.15, -0.1) is 4.73 Å². The smallest absolute Gasteiger partial charge is 0.330 e. The number of carbonyl (C=O) groups excluding carboxylic acids is 1. The number of hydrogen-bond acceptors (Lipinski definition) is 4. The van der Waals surface area contributed by atoms with Crippen LogP contribution in [-0.2, 0) is 4.79 Å². The monoisotopic (exact) mass is 171 g/mol. The molecule has 0 unspecified atom stereocenters. The summed E-state index contributed by atoms with van der Waals surface area (Å²) >= 11 is 0. The molecule has 1 aromatic heterocycles. The van der Waals surface area contributed by atoms with Gasteiger partial charge in [0.25, 0.3) is 0 Å². The number of rotatable bonds is 1. The van der Waals surface area contributed by atoms with Crippen molar-refractivity contribution in [2.24, 2.45) is 0 Å². The van der Waals surface area contributed by atoms with Gasteiger partial charge in [0.05, 0.1) is 0 Å². The second-order valence-corrected chi connectivity index (χ2v) is 2.39. The van der Waals surface area contributed by atoms with Crippen molar-refractivity contribution in [1.82, 2.24) is 4.73 Å². The van der Waals surface area contributed by atoms with Crippen molar-refractivity contribution in [3.63, 3.8) is 0 Å². The van der Waals surface area contributed by atoms with Gasteiger partial charge < -0.3 is 15.1 Å². The molecule has 0 atom stereocenters. The van der Waals surface area contributed by atoms with E-state index in [2.05, 4.69) is 4.84 Å². The molecule has 5 nitrogen and oxygen atoms in total. The standard InChI is InChI=1S/C7H9NO4/c1-4-3-6(10)8(7(4)11)12-5(2)9/h3,10-11H,1-2H3. The molecular formula is C7H9NO4. The van der Waals surface area contributed by atoms with E-state index < -0.39 is 5.97 Å². The maximum Gasteiger partial charge on any atom is 0.330 e. The van der Waals surface area contributed by atoms with Crippen LogP contribution in [0.15, 0.2) is 6.07 Å². The average Bonchev–Trinajstić information content (AvgIpc) is 2.16. The number of aromatic hydroxyl groups is 2. The Kier molecular flexibility index (Phi) is 1.95. The first-order valence-corrected chi connectivity index (χ1v) is 3.31. The Morgan fingerprint density at radius 2 is 2.17 bits per heavy atom. The first-order valence-electron chi connectivity index (χ1n) is 3.31. The van der Waals surface area contributed by atoms with E-state index in [1.807, 2.05) is 0 Å². The second-order valence-electron chi connectivity index (χ2n) is 2.39. The zero-order chi connectivity index (χ0) is 9.30. The fourth-order valence-electron chi connectivity index (χ4n) is 0.804. The van der Waals surface area contributed by atoms with Crippen LogP contribution in [0.5, 0.6) is 11.8 Å². The van der Waals surface area contributed by atoms with Gasteiger partial charge in [0.2, 0.25) is 11.8 Å². The molecule has 0 amide bonds. The van der Waals surface area contributed by atoms with Crippen molar-refractivity contribution in [2.75, 3.05) is 0 Å². The minimum absolute atomic E-state index is 0.275. The van der Waals surface area contributed by atoms with E-state index >= 15 is 0 Å². The van der Waals surface area contributed by atoms with Gasteiger partial charge in [-0.2, -0.15) is 0 Å². The van der Waals surface area contributed by atoms with E-state index in [4.69, 9.17) is 5.11 Å². The zero-order valence-corrected chi connectivity index (χ0v) is 6.74. The Morgan fingerprint density at radius 3 is 2.50 bits per heavy atom. The minimum atomic E-state index is -0.615. The largest absolute Gasteiger partial charge is 0.492 e. The van der Waals surface area contributed by atoms with Crippen LogP contribution >= 0.6 is 0 Å². The molecule has 0 aliphatic carbocycles. The Balaban J connectivity index is 3.05. The highest BCUT2D eigenvalue weighted by Gasteiger charge is 2.12. The molecule has 5 heteroatoms. The fourth-order valence-corrected chi connectivity index (χ4v) is 0.804. The summed E-state index contributed by atoms with van der Waals surface area (Å²) in [6.07, 6.45) is 0. The second kappa shape index (κ2) is 2.77. The summed E-state index contributed by atoms with van der Waals surface area (Å²) in [5.41, 5.74) is 0.439. The van der Waals surface area contributed by atoms with Crippen molar-refractivity contribution < 1.29 is 19.8 Å². The summed E-state index contributed by atoms with van der Waals surface area (Å²) < 4.78 is 0.664. The van der Waals surface area contributed by atoms with Gasteiger partial charge in [-0.05, 0) is 6.92 Å². The molecule has 12 heavy (non-hydrogen) atoms. The number of aryl methyl sites for hydroxylation is 1. The summed E-state index contributed by atoms with van der Waals surface area (Å²) in [5, 5.41) is 18.3. The Hall–Kier alpha value is -1.65.